The Morgan fingerprint density at radius 3 is 2.64 bits per heavy atom. The molecular weight excluding hydrogens is 316 g/mol. The van der Waals surface area contributed by atoms with E-state index in [1.165, 1.54) is 5.56 Å². The molecule has 1 amide bonds. The van der Waals surface area contributed by atoms with Crippen molar-refractivity contribution in [1.29, 1.82) is 0 Å². The Balaban J connectivity index is 1.62. The van der Waals surface area contributed by atoms with E-state index in [4.69, 9.17) is 4.74 Å². The molecule has 1 saturated heterocycles. The Morgan fingerprint density at radius 2 is 1.92 bits per heavy atom. The number of anilines is 1. The van der Waals surface area contributed by atoms with Crippen LogP contribution in [-0.2, 0) is 20.7 Å². The van der Waals surface area contributed by atoms with Crippen molar-refractivity contribution in [3.05, 3.63) is 29.8 Å². The van der Waals surface area contributed by atoms with E-state index in [9.17, 15) is 9.59 Å². The van der Waals surface area contributed by atoms with Crippen LogP contribution in [0.2, 0.25) is 0 Å². The van der Waals surface area contributed by atoms with Crippen molar-refractivity contribution in [1.82, 2.24) is 4.90 Å². The number of carbonyl (C=O) groups is 2. The van der Waals surface area contributed by atoms with Gasteiger partial charge in [-0.2, -0.15) is 0 Å². The molecule has 1 unspecified atom stereocenters. The maximum atomic E-state index is 13.1. The fraction of sp³-hybridized carbons (Fsp3) is 0.600. The molecular formula is C20H28N2O3. The summed E-state index contributed by atoms with van der Waals surface area (Å²) in [6.07, 6.45) is 3.60. The average Bonchev–Trinajstić information content (AvgIpc) is 2.66. The lowest BCUT2D eigenvalue weighted by molar-refractivity contribution is -0.149. The van der Waals surface area contributed by atoms with Gasteiger partial charge in [-0.15, -0.1) is 0 Å². The number of para-hydroxylation sites is 1. The third kappa shape index (κ3) is 3.87. The van der Waals surface area contributed by atoms with Gasteiger partial charge >= 0.3 is 5.97 Å². The number of hydrogen-bond acceptors (Lipinski definition) is 4. The number of carbonyl (C=O) groups excluding carboxylic acids is 2. The highest BCUT2D eigenvalue weighted by Crippen LogP contribution is 2.28. The first-order chi connectivity index (χ1) is 12.1. The van der Waals surface area contributed by atoms with Crippen LogP contribution in [0.4, 0.5) is 5.69 Å². The molecule has 136 valence electrons. The van der Waals surface area contributed by atoms with E-state index in [0.29, 0.717) is 6.61 Å². The van der Waals surface area contributed by atoms with E-state index < -0.39 is 0 Å². The van der Waals surface area contributed by atoms with Crippen molar-refractivity contribution in [2.45, 2.75) is 45.6 Å². The SMILES string of the molecule is CCOC(=O)C1CCN(C(C)C(=O)N2CCCc3ccccc32)CC1. The summed E-state index contributed by atoms with van der Waals surface area (Å²) in [7, 11) is 0. The molecule has 0 N–H and O–H groups in total. The summed E-state index contributed by atoms with van der Waals surface area (Å²) in [6.45, 7) is 6.59. The zero-order valence-corrected chi connectivity index (χ0v) is 15.2. The lowest BCUT2D eigenvalue weighted by atomic mass is 9.95. The molecule has 2 aliphatic heterocycles. The fourth-order valence-electron chi connectivity index (χ4n) is 3.93. The van der Waals surface area contributed by atoms with Crippen LogP contribution < -0.4 is 4.90 Å². The number of likely N-dealkylation sites (tertiary alicyclic amines) is 1. The Labute approximate surface area is 149 Å². The predicted molar refractivity (Wildman–Crippen MR) is 97.5 cm³/mol. The van der Waals surface area contributed by atoms with Crippen molar-refractivity contribution >= 4 is 17.6 Å². The summed E-state index contributed by atoms with van der Waals surface area (Å²) in [5, 5.41) is 0. The quantitative estimate of drug-likeness (QED) is 0.788. The molecule has 1 atom stereocenters. The van der Waals surface area contributed by atoms with Crippen LogP contribution in [-0.4, -0.2) is 49.1 Å². The number of esters is 1. The van der Waals surface area contributed by atoms with E-state index in [0.717, 1.165) is 51.0 Å². The predicted octanol–water partition coefficient (Wildman–Crippen LogP) is 2.63. The van der Waals surface area contributed by atoms with Crippen LogP contribution in [0.25, 0.3) is 0 Å². The molecule has 25 heavy (non-hydrogen) atoms. The van der Waals surface area contributed by atoms with E-state index >= 15 is 0 Å². The van der Waals surface area contributed by atoms with Gasteiger partial charge in [-0.1, -0.05) is 18.2 Å². The van der Waals surface area contributed by atoms with Crippen molar-refractivity contribution in [2.75, 3.05) is 31.1 Å². The third-order valence-electron chi connectivity index (χ3n) is 5.43. The standard InChI is InChI=1S/C20H28N2O3/c1-3-25-20(24)17-10-13-21(14-11-17)15(2)19(23)22-12-6-8-16-7-4-5-9-18(16)22/h4-5,7,9,15,17H,3,6,8,10-14H2,1-2H3. The Morgan fingerprint density at radius 1 is 1.20 bits per heavy atom. The summed E-state index contributed by atoms with van der Waals surface area (Å²) >= 11 is 0. The molecule has 0 aliphatic carbocycles. The highest BCUT2D eigenvalue weighted by Gasteiger charge is 2.33. The highest BCUT2D eigenvalue weighted by atomic mass is 16.5. The smallest absolute Gasteiger partial charge is 0.309 e. The molecule has 0 radical (unpaired) electrons. The van der Waals surface area contributed by atoms with Crippen molar-refractivity contribution in [3.63, 3.8) is 0 Å². The maximum absolute atomic E-state index is 13.1. The van der Waals surface area contributed by atoms with Crippen LogP contribution in [0, 0.1) is 5.92 Å². The van der Waals surface area contributed by atoms with Gasteiger partial charge in [0, 0.05) is 12.2 Å². The minimum Gasteiger partial charge on any atom is -0.466 e. The normalized spacial score (nSPS) is 20.0. The molecule has 1 fully saturated rings. The van der Waals surface area contributed by atoms with E-state index in [1.54, 1.807) is 0 Å². The van der Waals surface area contributed by atoms with E-state index in [1.807, 2.05) is 36.9 Å². The second-order valence-corrected chi connectivity index (χ2v) is 6.96. The van der Waals surface area contributed by atoms with Gasteiger partial charge in [0.25, 0.3) is 0 Å². The van der Waals surface area contributed by atoms with E-state index in [-0.39, 0.29) is 23.8 Å². The molecule has 5 heteroatoms. The summed E-state index contributed by atoms with van der Waals surface area (Å²) in [6, 6.07) is 8.04. The van der Waals surface area contributed by atoms with Gasteiger partial charge in [-0.25, -0.2) is 0 Å². The molecule has 0 bridgehead atoms. The Bertz CT molecular complexity index is 623. The fourth-order valence-corrected chi connectivity index (χ4v) is 3.93. The highest BCUT2D eigenvalue weighted by molar-refractivity contribution is 5.98. The molecule has 0 saturated carbocycles. The second-order valence-electron chi connectivity index (χ2n) is 6.96. The largest absolute Gasteiger partial charge is 0.466 e. The number of nitrogens with zero attached hydrogens (tertiary/aromatic N) is 2. The second kappa shape index (κ2) is 8.00. The average molecular weight is 344 g/mol. The number of piperidine rings is 1. The zero-order valence-electron chi connectivity index (χ0n) is 15.2. The van der Waals surface area contributed by atoms with Gasteiger partial charge in [0.05, 0.1) is 18.6 Å². The number of rotatable bonds is 4. The Kier molecular flexibility index (Phi) is 5.74. The third-order valence-corrected chi connectivity index (χ3v) is 5.43. The van der Waals surface area contributed by atoms with Crippen molar-refractivity contribution in [3.8, 4) is 0 Å². The molecule has 2 aliphatic rings. The summed E-state index contributed by atoms with van der Waals surface area (Å²) in [5.41, 5.74) is 2.32. The Hall–Kier alpha value is -1.88. The lowest BCUT2D eigenvalue weighted by Crippen LogP contribution is -2.51. The van der Waals surface area contributed by atoms with E-state index in [2.05, 4.69) is 11.0 Å². The van der Waals surface area contributed by atoms with Crippen LogP contribution in [0.15, 0.2) is 24.3 Å². The summed E-state index contributed by atoms with van der Waals surface area (Å²) in [5.74, 6) is 0.0574. The minimum atomic E-state index is -0.158. The van der Waals surface area contributed by atoms with Crippen LogP contribution in [0.1, 0.15) is 38.7 Å². The van der Waals surface area contributed by atoms with Crippen LogP contribution in [0.5, 0.6) is 0 Å². The van der Waals surface area contributed by atoms with Gasteiger partial charge in [0.2, 0.25) is 5.91 Å². The molecule has 1 aromatic rings. The van der Waals surface area contributed by atoms with Gasteiger partial charge in [0.1, 0.15) is 0 Å². The first-order valence-corrected chi connectivity index (χ1v) is 9.41. The van der Waals surface area contributed by atoms with Gasteiger partial charge in [0.15, 0.2) is 0 Å². The number of benzene rings is 1. The molecule has 0 spiro atoms. The van der Waals surface area contributed by atoms with Gasteiger partial charge < -0.3 is 9.64 Å². The first kappa shape index (κ1) is 17.9. The number of aryl methyl sites for hydroxylation is 1. The van der Waals surface area contributed by atoms with Gasteiger partial charge in [-0.05, 0) is 64.3 Å². The molecule has 0 aromatic heterocycles. The monoisotopic (exact) mass is 344 g/mol. The van der Waals surface area contributed by atoms with Crippen molar-refractivity contribution in [2.24, 2.45) is 5.92 Å². The number of ether oxygens (including phenoxy) is 1. The molecule has 1 aromatic carbocycles. The lowest BCUT2D eigenvalue weighted by Gasteiger charge is -2.38. The minimum absolute atomic E-state index is 0.0192. The number of fused-ring (bicyclic) bond motifs is 1. The molecule has 3 rings (SSSR count). The number of hydrogen-bond donors (Lipinski definition) is 0. The topological polar surface area (TPSA) is 49.9 Å². The zero-order chi connectivity index (χ0) is 17.8. The number of amides is 1. The van der Waals surface area contributed by atoms with Gasteiger partial charge in [-0.3, -0.25) is 14.5 Å². The van der Waals surface area contributed by atoms with Crippen molar-refractivity contribution < 1.29 is 14.3 Å². The maximum Gasteiger partial charge on any atom is 0.309 e. The first-order valence-electron chi connectivity index (χ1n) is 9.41. The molecule has 5 nitrogen and oxygen atoms in total. The van der Waals surface area contributed by atoms with Crippen LogP contribution in [0.3, 0.4) is 0 Å². The summed E-state index contributed by atoms with van der Waals surface area (Å²) < 4.78 is 5.13. The molecule has 2 heterocycles. The summed E-state index contributed by atoms with van der Waals surface area (Å²) in [4.78, 5) is 29.1. The van der Waals surface area contributed by atoms with Crippen LogP contribution >= 0.6 is 0 Å².